The zero-order chi connectivity index (χ0) is 23.7. The van der Waals surface area contributed by atoms with E-state index in [4.69, 9.17) is 4.74 Å². The summed E-state index contributed by atoms with van der Waals surface area (Å²) < 4.78 is 5.59. The summed E-state index contributed by atoms with van der Waals surface area (Å²) >= 11 is 1.41. The fourth-order valence-corrected chi connectivity index (χ4v) is 5.78. The Bertz CT molecular complexity index is 1030. The van der Waals surface area contributed by atoms with Gasteiger partial charge in [0, 0.05) is 11.7 Å². The molecule has 2 amide bonds. The van der Waals surface area contributed by atoms with E-state index in [0.29, 0.717) is 5.75 Å². The van der Waals surface area contributed by atoms with E-state index in [-0.39, 0.29) is 23.8 Å². The van der Waals surface area contributed by atoms with Crippen molar-refractivity contribution in [1.29, 1.82) is 0 Å². The van der Waals surface area contributed by atoms with Gasteiger partial charge in [0.1, 0.15) is 18.7 Å². The lowest BCUT2D eigenvalue weighted by Gasteiger charge is -2.31. The summed E-state index contributed by atoms with van der Waals surface area (Å²) in [4.78, 5) is 38.9. The van der Waals surface area contributed by atoms with Gasteiger partial charge in [0.25, 0.3) is 0 Å². The minimum Gasteiger partial charge on any atom is -0.480 e. The van der Waals surface area contributed by atoms with Gasteiger partial charge >= 0.3 is 12.1 Å². The largest absolute Gasteiger partial charge is 0.480 e. The molecule has 1 fully saturated rings. The van der Waals surface area contributed by atoms with Crippen molar-refractivity contribution >= 4 is 29.7 Å². The van der Waals surface area contributed by atoms with Gasteiger partial charge in [-0.1, -0.05) is 62.4 Å². The molecular formula is C25H28N2O5S. The fourth-order valence-electron chi connectivity index (χ4n) is 4.61. The summed E-state index contributed by atoms with van der Waals surface area (Å²) in [6.45, 7) is 5.58. The summed E-state index contributed by atoms with van der Waals surface area (Å²) in [7, 11) is 0. The van der Waals surface area contributed by atoms with Crippen LogP contribution in [0.4, 0.5) is 4.79 Å². The molecule has 2 aromatic carbocycles. The number of fused-ring (bicyclic) bond motifs is 3. The normalized spacial score (nSPS) is 20.3. The number of thioether (sulfide) groups is 1. The first-order chi connectivity index (χ1) is 15.8. The highest BCUT2D eigenvalue weighted by molar-refractivity contribution is 8.00. The second-order valence-corrected chi connectivity index (χ2v) is 10.1. The van der Waals surface area contributed by atoms with Crippen LogP contribution in [0.2, 0.25) is 0 Å². The predicted octanol–water partition coefficient (Wildman–Crippen LogP) is 3.92. The van der Waals surface area contributed by atoms with Gasteiger partial charge in [0.05, 0.1) is 5.37 Å². The number of nitrogens with zero attached hydrogens (tertiary/aromatic N) is 1. The van der Waals surface area contributed by atoms with Gasteiger partial charge in [-0.15, -0.1) is 11.8 Å². The number of carbonyl (C=O) groups excluding carboxylic acids is 2. The van der Waals surface area contributed by atoms with Crippen molar-refractivity contribution in [2.24, 2.45) is 5.92 Å². The zero-order valence-electron chi connectivity index (χ0n) is 18.9. The average Bonchev–Trinajstić information content (AvgIpc) is 3.33. The van der Waals surface area contributed by atoms with Crippen molar-refractivity contribution in [1.82, 2.24) is 10.2 Å². The monoisotopic (exact) mass is 468 g/mol. The number of carboxylic acids is 1. The van der Waals surface area contributed by atoms with E-state index in [0.717, 1.165) is 22.3 Å². The molecule has 0 saturated carbocycles. The summed E-state index contributed by atoms with van der Waals surface area (Å²) in [5.74, 6) is -1.42. The van der Waals surface area contributed by atoms with Gasteiger partial charge in [0.2, 0.25) is 5.91 Å². The lowest BCUT2D eigenvalue weighted by molar-refractivity contribution is -0.150. The summed E-state index contributed by atoms with van der Waals surface area (Å²) in [5.41, 5.74) is 4.49. The number of nitrogens with one attached hydrogen (secondary N) is 1. The Morgan fingerprint density at radius 3 is 2.21 bits per heavy atom. The Morgan fingerprint density at radius 1 is 1.09 bits per heavy atom. The van der Waals surface area contributed by atoms with Crippen molar-refractivity contribution in [2.45, 2.75) is 44.1 Å². The molecule has 8 heteroatoms. The molecule has 4 rings (SSSR count). The minimum atomic E-state index is -1.04. The quantitative estimate of drug-likeness (QED) is 0.667. The molecule has 33 heavy (non-hydrogen) atoms. The van der Waals surface area contributed by atoms with Crippen molar-refractivity contribution in [3.8, 4) is 11.1 Å². The number of amides is 2. The van der Waals surface area contributed by atoms with E-state index in [1.807, 2.05) is 50.2 Å². The van der Waals surface area contributed by atoms with E-state index in [9.17, 15) is 19.5 Å². The van der Waals surface area contributed by atoms with Crippen LogP contribution >= 0.6 is 11.8 Å². The fraction of sp³-hybridized carbons (Fsp3) is 0.400. The van der Waals surface area contributed by atoms with Gasteiger partial charge in [-0.3, -0.25) is 4.79 Å². The molecule has 2 N–H and O–H groups in total. The second-order valence-electron chi connectivity index (χ2n) is 8.72. The highest BCUT2D eigenvalue weighted by atomic mass is 32.2. The van der Waals surface area contributed by atoms with Gasteiger partial charge in [-0.2, -0.15) is 0 Å². The van der Waals surface area contributed by atoms with E-state index < -0.39 is 30.1 Å². The van der Waals surface area contributed by atoms with Crippen LogP contribution in [0.1, 0.15) is 37.8 Å². The third kappa shape index (κ3) is 4.44. The molecule has 1 aliphatic carbocycles. The van der Waals surface area contributed by atoms with Crippen LogP contribution in [0, 0.1) is 5.92 Å². The number of benzene rings is 2. The van der Waals surface area contributed by atoms with E-state index in [2.05, 4.69) is 17.4 Å². The molecule has 174 valence electrons. The molecule has 2 unspecified atom stereocenters. The highest BCUT2D eigenvalue weighted by Crippen LogP contribution is 2.44. The summed E-state index contributed by atoms with van der Waals surface area (Å²) in [5, 5.41) is 11.9. The van der Waals surface area contributed by atoms with Crippen molar-refractivity contribution in [3.05, 3.63) is 59.7 Å². The van der Waals surface area contributed by atoms with Crippen LogP contribution in [-0.2, 0) is 14.3 Å². The Kier molecular flexibility index (Phi) is 6.65. The number of hydrogen-bond acceptors (Lipinski definition) is 5. The second kappa shape index (κ2) is 9.47. The van der Waals surface area contributed by atoms with Crippen LogP contribution in [0.3, 0.4) is 0 Å². The van der Waals surface area contributed by atoms with Gasteiger partial charge < -0.3 is 20.1 Å². The van der Waals surface area contributed by atoms with Crippen LogP contribution in [0.25, 0.3) is 11.1 Å². The molecule has 1 heterocycles. The molecule has 1 aliphatic heterocycles. The number of carboxylic acid groups (broad SMARTS) is 1. The van der Waals surface area contributed by atoms with Gasteiger partial charge in [0.15, 0.2) is 0 Å². The van der Waals surface area contributed by atoms with Crippen molar-refractivity contribution in [3.63, 3.8) is 0 Å². The molecule has 7 nitrogen and oxygen atoms in total. The van der Waals surface area contributed by atoms with Crippen molar-refractivity contribution < 1.29 is 24.2 Å². The number of carbonyl (C=O) groups is 3. The van der Waals surface area contributed by atoms with E-state index >= 15 is 0 Å². The maximum absolute atomic E-state index is 13.2. The third-order valence-electron chi connectivity index (χ3n) is 6.31. The van der Waals surface area contributed by atoms with Crippen LogP contribution in [0.5, 0.6) is 0 Å². The molecule has 0 spiro atoms. The maximum Gasteiger partial charge on any atom is 0.407 e. The third-order valence-corrected chi connectivity index (χ3v) is 7.53. The average molecular weight is 469 g/mol. The molecule has 0 bridgehead atoms. The van der Waals surface area contributed by atoms with Crippen LogP contribution in [0.15, 0.2) is 48.5 Å². The zero-order valence-corrected chi connectivity index (χ0v) is 19.7. The number of rotatable bonds is 6. The first kappa shape index (κ1) is 23.2. The Labute approximate surface area is 197 Å². The molecule has 1 saturated heterocycles. The molecule has 3 atom stereocenters. The SMILES string of the molecule is CC(C)[C@@H](NC(=O)OCC1c2ccccc2-c2ccccc21)C(=O)N1C(C)SCC1C(=O)O. The first-order valence-corrected chi connectivity index (χ1v) is 12.1. The Hall–Kier alpha value is -3.00. The topological polar surface area (TPSA) is 95.9 Å². The van der Waals surface area contributed by atoms with Crippen molar-refractivity contribution in [2.75, 3.05) is 12.4 Å². The number of hydrogen-bond donors (Lipinski definition) is 2. The Balaban J connectivity index is 1.45. The molecular weight excluding hydrogens is 440 g/mol. The number of aliphatic carboxylic acids is 1. The van der Waals surface area contributed by atoms with Gasteiger partial charge in [-0.25, -0.2) is 9.59 Å². The molecule has 2 aliphatic rings. The van der Waals surface area contributed by atoms with E-state index in [1.165, 1.54) is 16.7 Å². The van der Waals surface area contributed by atoms with Crippen LogP contribution < -0.4 is 5.32 Å². The molecule has 2 aromatic rings. The van der Waals surface area contributed by atoms with Crippen LogP contribution in [-0.4, -0.2) is 57.8 Å². The minimum absolute atomic E-state index is 0.0808. The molecule has 0 aromatic heterocycles. The lowest BCUT2D eigenvalue weighted by Crippen LogP contribution is -2.55. The number of alkyl carbamates (subject to hydrolysis) is 1. The standard InChI is InChI=1S/C25H28N2O5S/c1-14(2)22(23(28)27-15(3)33-13-21(27)24(29)30)26-25(31)32-12-20-18-10-6-4-8-16(18)17-9-5-7-11-19(17)20/h4-11,14-15,20-22H,12-13H2,1-3H3,(H,26,31)(H,29,30)/t15?,21?,22-/m1/s1. The lowest BCUT2D eigenvalue weighted by atomic mass is 9.98. The predicted molar refractivity (Wildman–Crippen MR) is 127 cm³/mol. The smallest absolute Gasteiger partial charge is 0.407 e. The van der Waals surface area contributed by atoms with Gasteiger partial charge in [-0.05, 0) is 35.1 Å². The highest BCUT2D eigenvalue weighted by Gasteiger charge is 2.43. The maximum atomic E-state index is 13.2. The van der Waals surface area contributed by atoms with E-state index in [1.54, 1.807) is 6.92 Å². The summed E-state index contributed by atoms with van der Waals surface area (Å²) in [6.07, 6.45) is -0.685. The Morgan fingerprint density at radius 2 is 1.67 bits per heavy atom. The number of ether oxygens (including phenoxy) is 1. The molecule has 0 radical (unpaired) electrons. The summed E-state index contributed by atoms with van der Waals surface area (Å²) in [6, 6.07) is 14.4. The first-order valence-electron chi connectivity index (χ1n) is 11.1.